The van der Waals surface area contributed by atoms with Crippen LogP contribution in [0.1, 0.15) is 28.1 Å². The van der Waals surface area contributed by atoms with E-state index in [0.29, 0.717) is 16.3 Å². The van der Waals surface area contributed by atoms with Crippen molar-refractivity contribution in [3.8, 4) is 0 Å². The molecule has 1 atom stereocenters. The van der Waals surface area contributed by atoms with Crippen LogP contribution in [0.2, 0.25) is 0 Å². The van der Waals surface area contributed by atoms with Crippen molar-refractivity contribution in [1.82, 2.24) is 0 Å². The molecular formula is C15H16N2O3S. The molecule has 1 amide bonds. The summed E-state index contributed by atoms with van der Waals surface area (Å²) in [5.74, 6) is -1.04. The van der Waals surface area contributed by atoms with Crippen molar-refractivity contribution >= 4 is 34.6 Å². The third kappa shape index (κ3) is 3.41. The van der Waals surface area contributed by atoms with Gasteiger partial charge in [0.15, 0.2) is 0 Å². The van der Waals surface area contributed by atoms with Crippen molar-refractivity contribution in [1.29, 1.82) is 0 Å². The van der Waals surface area contributed by atoms with Gasteiger partial charge in [-0.25, -0.2) is 4.79 Å². The minimum atomic E-state index is -0.461. The number of thiophene rings is 1. The normalized spacial score (nSPS) is 11.7. The van der Waals surface area contributed by atoms with Gasteiger partial charge < -0.3 is 15.8 Å². The fraction of sp³-hybridized carbons (Fsp3) is 0.200. The van der Waals surface area contributed by atoms with Gasteiger partial charge in [0.05, 0.1) is 18.7 Å². The fourth-order valence-corrected chi connectivity index (χ4v) is 2.64. The number of nitrogens with two attached hydrogens (primary N) is 1. The lowest BCUT2D eigenvalue weighted by Gasteiger charge is -2.13. The minimum absolute atomic E-state index is 0.204. The van der Waals surface area contributed by atoms with Gasteiger partial charge in [-0.15, -0.1) is 11.3 Å². The predicted octanol–water partition coefficient (Wildman–Crippen LogP) is 2.86. The fourth-order valence-electron chi connectivity index (χ4n) is 1.88. The predicted molar refractivity (Wildman–Crippen MR) is 83.6 cm³/mol. The number of nitrogen functional groups attached to an aromatic ring is 1. The summed E-state index contributed by atoms with van der Waals surface area (Å²) in [6.07, 6.45) is 0. The Hall–Kier alpha value is -2.34. The number of methoxy groups -OCH3 is 1. The Labute approximate surface area is 126 Å². The summed E-state index contributed by atoms with van der Waals surface area (Å²) < 4.78 is 4.68. The smallest absolute Gasteiger partial charge is 0.350 e. The highest BCUT2D eigenvalue weighted by Crippen LogP contribution is 2.25. The zero-order chi connectivity index (χ0) is 15.4. The molecule has 0 saturated carbocycles. The average Bonchev–Trinajstić information content (AvgIpc) is 2.93. The third-order valence-electron chi connectivity index (χ3n) is 3.10. The van der Waals surface area contributed by atoms with Gasteiger partial charge in [0.2, 0.25) is 5.91 Å². The van der Waals surface area contributed by atoms with Crippen LogP contribution < -0.4 is 11.1 Å². The molecule has 0 radical (unpaired) electrons. The topological polar surface area (TPSA) is 81.4 Å². The van der Waals surface area contributed by atoms with Gasteiger partial charge in [0, 0.05) is 5.69 Å². The van der Waals surface area contributed by atoms with Crippen LogP contribution >= 0.6 is 11.3 Å². The minimum Gasteiger partial charge on any atom is -0.465 e. The van der Waals surface area contributed by atoms with E-state index < -0.39 is 5.97 Å². The Morgan fingerprint density at radius 3 is 2.76 bits per heavy atom. The van der Waals surface area contributed by atoms with Gasteiger partial charge in [-0.05, 0) is 36.1 Å². The molecule has 0 aliphatic carbocycles. The average molecular weight is 304 g/mol. The number of rotatable bonds is 4. The third-order valence-corrected chi connectivity index (χ3v) is 3.99. The largest absolute Gasteiger partial charge is 0.465 e. The van der Waals surface area contributed by atoms with Crippen LogP contribution in [-0.2, 0) is 9.53 Å². The summed E-state index contributed by atoms with van der Waals surface area (Å²) in [5, 5.41) is 4.48. The standard InChI is InChI=1S/C15H16N2O3S/c1-9(10-4-3-5-11(16)8-10)14(18)17-12-6-7-21-13(12)15(19)20-2/h3-9H,16H2,1-2H3,(H,17,18). The summed E-state index contributed by atoms with van der Waals surface area (Å²) in [5.41, 5.74) is 7.62. The number of carbonyl (C=O) groups excluding carboxylic acids is 2. The monoisotopic (exact) mass is 304 g/mol. The SMILES string of the molecule is COC(=O)c1sccc1NC(=O)C(C)c1cccc(N)c1. The number of carbonyl (C=O) groups is 2. The van der Waals surface area contributed by atoms with Crippen LogP contribution in [0.3, 0.4) is 0 Å². The van der Waals surface area contributed by atoms with E-state index in [1.165, 1.54) is 18.4 Å². The maximum atomic E-state index is 12.3. The van der Waals surface area contributed by atoms with Crippen molar-refractivity contribution < 1.29 is 14.3 Å². The maximum Gasteiger partial charge on any atom is 0.350 e. The van der Waals surface area contributed by atoms with E-state index in [4.69, 9.17) is 5.73 Å². The molecule has 0 aliphatic rings. The van der Waals surface area contributed by atoms with Gasteiger partial charge in [-0.3, -0.25) is 4.79 Å². The first-order valence-corrected chi connectivity index (χ1v) is 7.23. The molecule has 1 heterocycles. The second-order valence-electron chi connectivity index (χ2n) is 4.54. The molecule has 2 aromatic rings. The maximum absolute atomic E-state index is 12.3. The van der Waals surface area contributed by atoms with Crippen molar-refractivity contribution in [3.05, 3.63) is 46.2 Å². The number of nitrogens with one attached hydrogen (secondary N) is 1. The molecule has 110 valence electrons. The number of anilines is 2. The molecule has 3 N–H and O–H groups in total. The van der Waals surface area contributed by atoms with E-state index in [-0.39, 0.29) is 11.8 Å². The quantitative estimate of drug-likeness (QED) is 0.672. The molecule has 5 nitrogen and oxygen atoms in total. The highest BCUT2D eigenvalue weighted by Gasteiger charge is 2.20. The van der Waals surface area contributed by atoms with Crippen LogP contribution in [0.5, 0.6) is 0 Å². The van der Waals surface area contributed by atoms with E-state index in [0.717, 1.165) is 5.56 Å². The lowest BCUT2D eigenvalue weighted by molar-refractivity contribution is -0.117. The highest BCUT2D eigenvalue weighted by atomic mass is 32.1. The summed E-state index contributed by atoms with van der Waals surface area (Å²) in [4.78, 5) is 24.2. The van der Waals surface area contributed by atoms with Crippen LogP contribution in [0.15, 0.2) is 35.7 Å². The van der Waals surface area contributed by atoms with Gasteiger partial charge in [0.25, 0.3) is 0 Å². The van der Waals surface area contributed by atoms with Crippen LogP contribution in [0.4, 0.5) is 11.4 Å². The first-order chi connectivity index (χ1) is 10.0. The first-order valence-electron chi connectivity index (χ1n) is 6.35. The lowest BCUT2D eigenvalue weighted by atomic mass is 10.00. The zero-order valence-electron chi connectivity index (χ0n) is 11.8. The van der Waals surface area contributed by atoms with E-state index in [2.05, 4.69) is 10.1 Å². The van der Waals surface area contributed by atoms with Crippen molar-refractivity contribution in [2.24, 2.45) is 0 Å². The number of amides is 1. The van der Waals surface area contributed by atoms with Crippen LogP contribution in [0, 0.1) is 0 Å². The molecule has 0 bridgehead atoms. The highest BCUT2D eigenvalue weighted by molar-refractivity contribution is 7.12. The Morgan fingerprint density at radius 2 is 2.10 bits per heavy atom. The van der Waals surface area contributed by atoms with E-state index in [9.17, 15) is 9.59 Å². The first kappa shape index (κ1) is 15.1. The molecule has 1 aromatic heterocycles. The van der Waals surface area contributed by atoms with Gasteiger partial charge in [-0.2, -0.15) is 0 Å². The second-order valence-corrected chi connectivity index (χ2v) is 5.45. The molecule has 1 unspecified atom stereocenters. The molecule has 0 spiro atoms. The number of benzene rings is 1. The van der Waals surface area contributed by atoms with Crippen LogP contribution in [-0.4, -0.2) is 19.0 Å². The lowest BCUT2D eigenvalue weighted by Crippen LogP contribution is -2.20. The van der Waals surface area contributed by atoms with E-state index in [1.807, 2.05) is 6.07 Å². The Kier molecular flexibility index (Phi) is 4.59. The van der Waals surface area contributed by atoms with Crippen molar-refractivity contribution in [2.75, 3.05) is 18.2 Å². The Balaban J connectivity index is 2.15. The number of ether oxygens (including phenoxy) is 1. The van der Waals surface area contributed by atoms with Gasteiger partial charge in [0.1, 0.15) is 4.88 Å². The van der Waals surface area contributed by atoms with Crippen LogP contribution in [0.25, 0.3) is 0 Å². The Bertz CT molecular complexity index is 666. The number of hydrogen-bond acceptors (Lipinski definition) is 5. The zero-order valence-corrected chi connectivity index (χ0v) is 12.6. The molecular weight excluding hydrogens is 288 g/mol. The molecule has 6 heteroatoms. The van der Waals surface area contributed by atoms with Crippen molar-refractivity contribution in [2.45, 2.75) is 12.8 Å². The molecule has 0 fully saturated rings. The number of hydrogen-bond donors (Lipinski definition) is 2. The van der Waals surface area contributed by atoms with Gasteiger partial charge in [-0.1, -0.05) is 12.1 Å². The summed E-state index contributed by atoms with van der Waals surface area (Å²) >= 11 is 1.22. The summed E-state index contributed by atoms with van der Waals surface area (Å²) in [6.45, 7) is 1.79. The summed E-state index contributed by atoms with van der Waals surface area (Å²) in [6, 6.07) is 8.86. The molecule has 0 aliphatic heterocycles. The van der Waals surface area contributed by atoms with E-state index >= 15 is 0 Å². The van der Waals surface area contributed by atoms with E-state index in [1.54, 1.807) is 36.6 Å². The van der Waals surface area contributed by atoms with Crippen molar-refractivity contribution in [3.63, 3.8) is 0 Å². The summed E-state index contributed by atoms with van der Waals surface area (Å²) in [7, 11) is 1.31. The molecule has 1 aromatic carbocycles. The van der Waals surface area contributed by atoms with Gasteiger partial charge >= 0.3 is 5.97 Å². The molecule has 2 rings (SSSR count). The molecule has 21 heavy (non-hydrogen) atoms. The Morgan fingerprint density at radius 1 is 1.33 bits per heavy atom. The second kappa shape index (κ2) is 6.41. The molecule has 0 saturated heterocycles. The number of esters is 1.